The summed E-state index contributed by atoms with van der Waals surface area (Å²) in [6.45, 7) is 15.7. The van der Waals surface area contributed by atoms with Gasteiger partial charge in [-0.05, 0) is 26.3 Å². The molecule has 0 aliphatic heterocycles. The molecule has 0 spiro atoms. The Morgan fingerprint density at radius 1 is 0.938 bits per heavy atom. The Hall–Kier alpha value is -2.40. The second kappa shape index (κ2) is 36.0. The van der Waals surface area contributed by atoms with E-state index in [2.05, 4.69) is 25.9 Å². The van der Waals surface area contributed by atoms with E-state index in [1.165, 1.54) is 0 Å². The molecule has 0 aromatic rings. The third-order valence-electron chi connectivity index (χ3n) is 2.81. The molecule has 1 amide bonds. The quantitative estimate of drug-likeness (QED) is 0.0979. The molecule has 194 valence electrons. The van der Waals surface area contributed by atoms with Crippen LogP contribution in [0, 0.1) is 0 Å². The van der Waals surface area contributed by atoms with E-state index in [4.69, 9.17) is 22.9 Å². The molecule has 11 nitrogen and oxygen atoms in total. The van der Waals surface area contributed by atoms with Crippen molar-refractivity contribution in [3.05, 3.63) is 0 Å². The average Bonchev–Trinajstić information content (AvgIpc) is 2.77. The minimum atomic E-state index is -0.0933. The van der Waals surface area contributed by atoms with E-state index in [9.17, 15) is 9.59 Å². The fourth-order valence-electron chi connectivity index (χ4n) is 1.63. The third kappa shape index (κ3) is 50.8. The second-order valence-electron chi connectivity index (χ2n) is 6.02. The number of rotatable bonds is 11. The topological polar surface area (TPSA) is 199 Å². The zero-order chi connectivity index (χ0) is 26.4. The van der Waals surface area contributed by atoms with Gasteiger partial charge in [0.15, 0.2) is 11.9 Å². The van der Waals surface area contributed by atoms with Crippen LogP contribution in [0.2, 0.25) is 0 Å². The van der Waals surface area contributed by atoms with Gasteiger partial charge in [0.2, 0.25) is 5.91 Å². The Kier molecular flexibility index (Phi) is 45.0. The van der Waals surface area contributed by atoms with Crippen molar-refractivity contribution in [3.63, 3.8) is 0 Å². The molecule has 0 fully saturated rings. The number of carbonyl (C=O) groups is 2. The highest BCUT2D eigenvalue weighted by Crippen LogP contribution is 1.96. The summed E-state index contributed by atoms with van der Waals surface area (Å²) in [6.07, 6.45) is 3.49. The number of carbonyl (C=O) groups excluding carboxylic acids is 2. The molecule has 0 aliphatic rings. The fraction of sp³-hybridized carbons (Fsp3) is 0.810. The van der Waals surface area contributed by atoms with Crippen LogP contribution in [-0.2, 0) is 9.59 Å². The number of hydrogen-bond donors (Lipinski definition) is 7. The normalized spacial score (nSPS) is 9.44. The molecular formula is C21H53N9O2. The van der Waals surface area contributed by atoms with Crippen molar-refractivity contribution in [1.29, 1.82) is 0 Å². The number of likely N-dealkylation sites (N-methyl/N-ethyl adjacent to an activating group) is 2. The van der Waals surface area contributed by atoms with Crippen LogP contribution >= 0.6 is 0 Å². The molecule has 0 saturated carbocycles. The van der Waals surface area contributed by atoms with Crippen molar-refractivity contribution in [3.8, 4) is 0 Å². The van der Waals surface area contributed by atoms with Gasteiger partial charge < -0.3 is 43.7 Å². The average molecular weight is 464 g/mol. The van der Waals surface area contributed by atoms with E-state index in [1.54, 1.807) is 14.1 Å². The van der Waals surface area contributed by atoms with Crippen molar-refractivity contribution in [2.75, 3.05) is 33.7 Å². The molecule has 0 heterocycles. The Bertz CT molecular complexity index is 435. The SMILES string of the molecule is CC.CC.CC(C)NC(C=O)CCCN=C(N)N.CCCN=C(N)N.CNCC(=O)NC. The van der Waals surface area contributed by atoms with Gasteiger partial charge in [0.25, 0.3) is 0 Å². The summed E-state index contributed by atoms with van der Waals surface area (Å²) in [7, 11) is 3.34. The van der Waals surface area contributed by atoms with Gasteiger partial charge in [0.05, 0.1) is 12.6 Å². The smallest absolute Gasteiger partial charge is 0.233 e. The lowest BCUT2D eigenvalue weighted by Crippen LogP contribution is -2.36. The maximum atomic E-state index is 10.6. The van der Waals surface area contributed by atoms with Crippen LogP contribution in [0.4, 0.5) is 0 Å². The molecular weight excluding hydrogens is 410 g/mol. The molecule has 0 rings (SSSR count). The molecule has 1 unspecified atom stereocenters. The Morgan fingerprint density at radius 2 is 1.41 bits per heavy atom. The van der Waals surface area contributed by atoms with Gasteiger partial charge in [0.1, 0.15) is 6.29 Å². The first kappa shape index (κ1) is 40.0. The number of nitrogens with two attached hydrogens (primary N) is 4. The van der Waals surface area contributed by atoms with Gasteiger partial charge in [0, 0.05) is 26.2 Å². The second-order valence-corrected chi connectivity index (χ2v) is 6.02. The van der Waals surface area contributed by atoms with Gasteiger partial charge >= 0.3 is 0 Å². The van der Waals surface area contributed by atoms with Crippen LogP contribution in [0.3, 0.4) is 0 Å². The summed E-state index contributed by atoms with van der Waals surface area (Å²) >= 11 is 0. The zero-order valence-corrected chi connectivity index (χ0v) is 22.0. The number of nitrogens with one attached hydrogen (secondary N) is 3. The highest BCUT2D eigenvalue weighted by molar-refractivity contribution is 5.77. The number of aldehydes is 1. The van der Waals surface area contributed by atoms with Gasteiger partial charge in [-0.1, -0.05) is 48.5 Å². The predicted molar refractivity (Wildman–Crippen MR) is 140 cm³/mol. The fourth-order valence-corrected chi connectivity index (χ4v) is 1.63. The molecule has 1 atom stereocenters. The van der Waals surface area contributed by atoms with E-state index >= 15 is 0 Å². The molecule has 0 aliphatic carbocycles. The van der Waals surface area contributed by atoms with Crippen LogP contribution < -0.4 is 38.9 Å². The molecule has 0 radical (unpaired) electrons. The molecule has 0 saturated heterocycles. The highest BCUT2D eigenvalue weighted by atomic mass is 16.1. The summed E-state index contributed by atoms with van der Waals surface area (Å²) in [5.74, 6) is 0.300. The molecule has 0 aromatic heterocycles. The van der Waals surface area contributed by atoms with Gasteiger partial charge in [-0.2, -0.15) is 0 Å². The van der Waals surface area contributed by atoms with Gasteiger partial charge in [-0.3, -0.25) is 14.8 Å². The number of aliphatic imine (C=N–C) groups is 2. The lowest BCUT2D eigenvalue weighted by Gasteiger charge is -2.14. The van der Waals surface area contributed by atoms with E-state index in [1.807, 2.05) is 48.5 Å². The van der Waals surface area contributed by atoms with Crippen molar-refractivity contribution < 1.29 is 9.59 Å². The number of amides is 1. The van der Waals surface area contributed by atoms with Crippen LogP contribution in [-0.4, -0.2) is 69.9 Å². The number of guanidine groups is 2. The number of hydrogen-bond acceptors (Lipinski definition) is 6. The number of nitrogens with zero attached hydrogens (tertiary/aromatic N) is 2. The van der Waals surface area contributed by atoms with E-state index < -0.39 is 0 Å². The lowest BCUT2D eigenvalue weighted by molar-refractivity contribution is -0.119. The van der Waals surface area contributed by atoms with Crippen LogP contribution in [0.15, 0.2) is 9.98 Å². The zero-order valence-electron chi connectivity index (χ0n) is 22.0. The summed E-state index contributed by atoms with van der Waals surface area (Å²) in [4.78, 5) is 28.4. The maximum absolute atomic E-state index is 10.6. The van der Waals surface area contributed by atoms with Crippen LogP contribution in [0.1, 0.15) is 67.7 Å². The van der Waals surface area contributed by atoms with E-state index in [-0.39, 0.29) is 23.9 Å². The Morgan fingerprint density at radius 3 is 1.66 bits per heavy atom. The van der Waals surface area contributed by atoms with Crippen molar-refractivity contribution in [1.82, 2.24) is 16.0 Å². The minimum absolute atomic E-state index is 0.0162. The molecule has 0 aromatic carbocycles. The lowest BCUT2D eigenvalue weighted by atomic mass is 10.1. The predicted octanol–water partition coefficient (Wildman–Crippen LogP) is 0.280. The van der Waals surface area contributed by atoms with E-state index in [0.29, 0.717) is 19.1 Å². The summed E-state index contributed by atoms with van der Waals surface area (Å²) < 4.78 is 0. The molecule has 32 heavy (non-hydrogen) atoms. The summed E-state index contributed by atoms with van der Waals surface area (Å²) in [6, 6.07) is 0.220. The highest BCUT2D eigenvalue weighted by Gasteiger charge is 2.07. The maximum Gasteiger partial charge on any atom is 0.233 e. The van der Waals surface area contributed by atoms with Gasteiger partial charge in [-0.15, -0.1) is 0 Å². The summed E-state index contributed by atoms with van der Waals surface area (Å²) in [5.41, 5.74) is 20.3. The molecule has 0 bridgehead atoms. The first-order valence-electron chi connectivity index (χ1n) is 11.3. The minimum Gasteiger partial charge on any atom is -0.370 e. The first-order chi connectivity index (χ1) is 15.1. The van der Waals surface area contributed by atoms with Crippen LogP contribution in [0.25, 0.3) is 0 Å². The Balaban J connectivity index is -0.000000114. The van der Waals surface area contributed by atoms with Crippen LogP contribution in [0.5, 0.6) is 0 Å². The van der Waals surface area contributed by atoms with E-state index in [0.717, 1.165) is 32.1 Å². The van der Waals surface area contributed by atoms with Crippen molar-refractivity contribution in [2.45, 2.75) is 79.8 Å². The Labute approximate surface area is 196 Å². The van der Waals surface area contributed by atoms with Gasteiger partial charge in [-0.25, -0.2) is 0 Å². The standard InChI is InChI=1S/C9H20N4O.C4H11N3.C4H10N2O.2C2H6/c1-7(2)13-8(6-14)4-3-5-12-9(10)11;1-2-3-7-4(5)6;1-5-3-4(7)6-2;2*1-2/h6-8,13H,3-5H2,1-2H3,(H4,10,11,12);2-3H2,1H3,(H4,5,6,7);5H,3H2,1-2H3,(H,6,7);2*1-2H3. The largest absolute Gasteiger partial charge is 0.370 e. The molecule has 11 N–H and O–H groups in total. The molecule has 11 heteroatoms. The first-order valence-corrected chi connectivity index (χ1v) is 11.3. The third-order valence-corrected chi connectivity index (χ3v) is 2.81. The monoisotopic (exact) mass is 463 g/mol. The van der Waals surface area contributed by atoms with Crippen molar-refractivity contribution >= 4 is 24.1 Å². The summed E-state index contributed by atoms with van der Waals surface area (Å²) in [5, 5.41) is 8.31. The van der Waals surface area contributed by atoms with Crippen molar-refractivity contribution in [2.24, 2.45) is 32.9 Å².